The Morgan fingerprint density at radius 2 is 2.33 bits per heavy atom. The van der Waals surface area contributed by atoms with Gasteiger partial charge in [-0.15, -0.1) is 0 Å². The molecule has 12 heavy (non-hydrogen) atoms. The molecule has 0 saturated carbocycles. The van der Waals surface area contributed by atoms with E-state index in [2.05, 4.69) is 11.3 Å². The van der Waals surface area contributed by atoms with Gasteiger partial charge >= 0.3 is 5.97 Å². The standard InChI is InChI=1S/C8H13NO3/c1-2-6-12-8(11)7(9)4-3-5-10/h2,5,7H,1,3-4,6,9H2. The lowest BCUT2D eigenvalue weighted by Crippen LogP contribution is -2.32. The van der Waals surface area contributed by atoms with Crippen molar-refractivity contribution in [3.05, 3.63) is 12.7 Å². The summed E-state index contributed by atoms with van der Waals surface area (Å²) in [6, 6.07) is -0.699. The highest BCUT2D eigenvalue weighted by molar-refractivity contribution is 5.75. The highest BCUT2D eigenvalue weighted by atomic mass is 16.5. The Morgan fingerprint density at radius 3 is 2.83 bits per heavy atom. The van der Waals surface area contributed by atoms with Gasteiger partial charge in [-0.25, -0.2) is 0 Å². The lowest BCUT2D eigenvalue weighted by molar-refractivity contribution is -0.144. The lowest BCUT2D eigenvalue weighted by atomic mass is 10.2. The maximum Gasteiger partial charge on any atom is 0.323 e. The second-order valence-corrected chi connectivity index (χ2v) is 2.27. The molecule has 0 saturated heterocycles. The second kappa shape index (κ2) is 6.54. The van der Waals surface area contributed by atoms with Gasteiger partial charge in [-0.2, -0.15) is 0 Å². The highest BCUT2D eigenvalue weighted by Crippen LogP contribution is 1.94. The van der Waals surface area contributed by atoms with Crippen LogP contribution in [0.15, 0.2) is 12.7 Å². The molecule has 0 aliphatic carbocycles. The van der Waals surface area contributed by atoms with Crippen molar-refractivity contribution in [1.82, 2.24) is 0 Å². The molecule has 1 unspecified atom stereocenters. The Morgan fingerprint density at radius 1 is 1.67 bits per heavy atom. The minimum absolute atomic E-state index is 0.160. The molecular weight excluding hydrogens is 158 g/mol. The van der Waals surface area contributed by atoms with Crippen LogP contribution >= 0.6 is 0 Å². The quantitative estimate of drug-likeness (QED) is 0.347. The number of hydrogen-bond donors (Lipinski definition) is 1. The number of esters is 1. The molecule has 0 heterocycles. The number of nitrogens with two attached hydrogens (primary N) is 1. The van der Waals surface area contributed by atoms with E-state index in [-0.39, 0.29) is 13.0 Å². The van der Waals surface area contributed by atoms with Crippen LogP contribution in [0.2, 0.25) is 0 Å². The van der Waals surface area contributed by atoms with Gasteiger partial charge < -0.3 is 15.3 Å². The molecule has 2 N–H and O–H groups in total. The largest absolute Gasteiger partial charge is 0.460 e. The first-order valence-electron chi connectivity index (χ1n) is 3.69. The van der Waals surface area contributed by atoms with E-state index in [9.17, 15) is 9.59 Å². The molecule has 68 valence electrons. The van der Waals surface area contributed by atoms with Crippen LogP contribution in [-0.2, 0) is 14.3 Å². The predicted octanol–water partition coefficient (Wildman–Crippen LogP) is 0.0220. The van der Waals surface area contributed by atoms with Gasteiger partial charge in [0.25, 0.3) is 0 Å². The molecule has 0 aromatic carbocycles. The maximum absolute atomic E-state index is 10.9. The smallest absolute Gasteiger partial charge is 0.323 e. The fourth-order valence-electron chi connectivity index (χ4n) is 0.614. The average Bonchev–Trinajstić information content (AvgIpc) is 2.10. The molecule has 4 heteroatoms. The van der Waals surface area contributed by atoms with E-state index in [0.717, 1.165) is 6.29 Å². The first-order chi connectivity index (χ1) is 5.72. The Kier molecular flexibility index (Phi) is 5.91. The third-order valence-corrected chi connectivity index (χ3v) is 1.24. The maximum atomic E-state index is 10.9. The molecule has 0 aliphatic heterocycles. The van der Waals surface area contributed by atoms with E-state index in [0.29, 0.717) is 6.42 Å². The van der Waals surface area contributed by atoms with Gasteiger partial charge in [-0.05, 0) is 6.42 Å². The van der Waals surface area contributed by atoms with Crippen LogP contribution in [0.25, 0.3) is 0 Å². The summed E-state index contributed by atoms with van der Waals surface area (Å²) in [5, 5.41) is 0. The van der Waals surface area contributed by atoms with Crippen LogP contribution in [0.3, 0.4) is 0 Å². The van der Waals surface area contributed by atoms with Crippen LogP contribution < -0.4 is 5.73 Å². The van der Waals surface area contributed by atoms with Crippen molar-refractivity contribution in [1.29, 1.82) is 0 Å². The minimum Gasteiger partial charge on any atom is -0.460 e. The highest BCUT2D eigenvalue weighted by Gasteiger charge is 2.13. The van der Waals surface area contributed by atoms with E-state index in [1.54, 1.807) is 0 Å². The summed E-state index contributed by atoms with van der Waals surface area (Å²) >= 11 is 0. The third kappa shape index (κ3) is 4.62. The lowest BCUT2D eigenvalue weighted by Gasteiger charge is -2.07. The Labute approximate surface area is 71.4 Å². The Balaban J connectivity index is 3.60. The van der Waals surface area contributed by atoms with E-state index in [4.69, 9.17) is 5.73 Å². The Bertz CT molecular complexity index is 168. The van der Waals surface area contributed by atoms with Crippen molar-refractivity contribution in [2.75, 3.05) is 6.61 Å². The molecule has 0 spiro atoms. The van der Waals surface area contributed by atoms with Crippen LogP contribution in [0.4, 0.5) is 0 Å². The molecule has 1 atom stereocenters. The SMILES string of the molecule is C=CCOC(=O)C(N)CCC=O. The van der Waals surface area contributed by atoms with Gasteiger partial charge in [-0.3, -0.25) is 4.79 Å². The average molecular weight is 171 g/mol. The van der Waals surface area contributed by atoms with E-state index < -0.39 is 12.0 Å². The van der Waals surface area contributed by atoms with Crippen molar-refractivity contribution >= 4 is 12.3 Å². The molecule has 0 aromatic heterocycles. The summed E-state index contributed by atoms with van der Waals surface area (Å²) in [4.78, 5) is 20.8. The normalized spacial score (nSPS) is 11.8. The molecular formula is C8H13NO3. The minimum atomic E-state index is -0.699. The van der Waals surface area contributed by atoms with E-state index >= 15 is 0 Å². The summed E-state index contributed by atoms with van der Waals surface area (Å²) in [6.45, 7) is 3.54. The first-order valence-corrected chi connectivity index (χ1v) is 3.69. The van der Waals surface area contributed by atoms with E-state index in [1.807, 2.05) is 0 Å². The molecule has 0 bridgehead atoms. The van der Waals surface area contributed by atoms with Crippen LogP contribution in [-0.4, -0.2) is 24.9 Å². The summed E-state index contributed by atoms with van der Waals surface area (Å²) in [7, 11) is 0. The molecule has 0 radical (unpaired) electrons. The Hall–Kier alpha value is -1.16. The van der Waals surface area contributed by atoms with Gasteiger partial charge in [0, 0.05) is 6.42 Å². The van der Waals surface area contributed by atoms with Gasteiger partial charge in [0.05, 0.1) is 0 Å². The number of carbonyl (C=O) groups excluding carboxylic acids is 2. The second-order valence-electron chi connectivity index (χ2n) is 2.27. The van der Waals surface area contributed by atoms with Gasteiger partial charge in [0.1, 0.15) is 18.9 Å². The van der Waals surface area contributed by atoms with Gasteiger partial charge in [0.2, 0.25) is 0 Å². The number of ether oxygens (including phenoxy) is 1. The molecule has 0 fully saturated rings. The number of aldehydes is 1. The van der Waals surface area contributed by atoms with Crippen molar-refractivity contribution in [3.63, 3.8) is 0 Å². The fourth-order valence-corrected chi connectivity index (χ4v) is 0.614. The van der Waals surface area contributed by atoms with E-state index in [1.165, 1.54) is 6.08 Å². The predicted molar refractivity (Wildman–Crippen MR) is 44.4 cm³/mol. The molecule has 4 nitrogen and oxygen atoms in total. The van der Waals surface area contributed by atoms with Crippen molar-refractivity contribution < 1.29 is 14.3 Å². The summed E-state index contributed by atoms with van der Waals surface area (Å²) < 4.78 is 4.65. The zero-order valence-electron chi connectivity index (χ0n) is 6.86. The zero-order chi connectivity index (χ0) is 9.40. The topological polar surface area (TPSA) is 69.4 Å². The first kappa shape index (κ1) is 10.8. The van der Waals surface area contributed by atoms with Crippen molar-refractivity contribution in [2.45, 2.75) is 18.9 Å². The number of carbonyl (C=O) groups is 2. The van der Waals surface area contributed by atoms with Gasteiger partial charge in [0.15, 0.2) is 0 Å². The number of hydrogen-bond acceptors (Lipinski definition) is 4. The van der Waals surface area contributed by atoms with Crippen molar-refractivity contribution in [3.8, 4) is 0 Å². The molecule has 0 aromatic rings. The molecule has 0 aliphatic rings. The van der Waals surface area contributed by atoms with Crippen LogP contribution in [0.1, 0.15) is 12.8 Å². The summed E-state index contributed by atoms with van der Waals surface area (Å²) in [6.07, 6.45) is 2.80. The molecule has 0 amide bonds. The van der Waals surface area contributed by atoms with Crippen LogP contribution in [0.5, 0.6) is 0 Å². The molecule has 0 rings (SSSR count). The summed E-state index contributed by atoms with van der Waals surface area (Å²) in [5.74, 6) is -0.489. The zero-order valence-corrected chi connectivity index (χ0v) is 6.86. The van der Waals surface area contributed by atoms with Crippen LogP contribution in [0, 0.1) is 0 Å². The number of rotatable bonds is 6. The third-order valence-electron chi connectivity index (χ3n) is 1.24. The summed E-state index contributed by atoms with van der Waals surface area (Å²) in [5.41, 5.74) is 5.38. The van der Waals surface area contributed by atoms with Gasteiger partial charge in [-0.1, -0.05) is 12.7 Å². The fraction of sp³-hybridized carbons (Fsp3) is 0.500. The van der Waals surface area contributed by atoms with Crippen molar-refractivity contribution in [2.24, 2.45) is 5.73 Å². The monoisotopic (exact) mass is 171 g/mol.